The smallest absolute Gasteiger partial charge is 0.346 e. The number of aryl methyl sites for hydroxylation is 1. The van der Waals surface area contributed by atoms with E-state index in [1.165, 1.54) is 6.33 Å². The van der Waals surface area contributed by atoms with E-state index in [4.69, 9.17) is 9.84 Å². The Hall–Kier alpha value is -1.69. The van der Waals surface area contributed by atoms with Crippen molar-refractivity contribution in [3.8, 4) is 5.88 Å². The van der Waals surface area contributed by atoms with E-state index in [1.807, 2.05) is 0 Å². The molecule has 0 fully saturated rings. The van der Waals surface area contributed by atoms with Crippen molar-refractivity contribution in [2.45, 2.75) is 33.6 Å². The SMILES string of the molecule is CCCC(C)COc1ncnc2sc(C(=O)O)c(C)c12. The Bertz CT molecular complexity index is 624. The van der Waals surface area contributed by atoms with E-state index in [1.54, 1.807) is 6.92 Å². The van der Waals surface area contributed by atoms with Crippen LogP contribution in [0.5, 0.6) is 5.88 Å². The number of thiophene rings is 1. The van der Waals surface area contributed by atoms with Crippen molar-refractivity contribution in [2.24, 2.45) is 5.92 Å². The summed E-state index contributed by atoms with van der Waals surface area (Å²) >= 11 is 1.16. The molecular formula is C14H18N2O3S. The second kappa shape index (κ2) is 6.17. The molecule has 2 heterocycles. The third kappa shape index (κ3) is 2.90. The molecule has 1 atom stereocenters. The van der Waals surface area contributed by atoms with Crippen molar-refractivity contribution >= 4 is 27.5 Å². The molecule has 0 saturated heterocycles. The molecule has 0 spiro atoms. The van der Waals surface area contributed by atoms with Gasteiger partial charge < -0.3 is 9.84 Å². The molecule has 0 saturated carbocycles. The van der Waals surface area contributed by atoms with E-state index in [0.29, 0.717) is 33.7 Å². The quantitative estimate of drug-likeness (QED) is 0.882. The van der Waals surface area contributed by atoms with Gasteiger partial charge in [0.15, 0.2) is 0 Å². The van der Waals surface area contributed by atoms with Crippen molar-refractivity contribution in [2.75, 3.05) is 6.61 Å². The second-order valence-corrected chi connectivity index (χ2v) is 5.92. The maximum atomic E-state index is 11.2. The number of carboxylic acids is 1. The van der Waals surface area contributed by atoms with Crippen molar-refractivity contribution in [3.05, 3.63) is 16.8 Å². The summed E-state index contributed by atoms with van der Waals surface area (Å²) in [4.78, 5) is 20.4. The van der Waals surface area contributed by atoms with Gasteiger partial charge in [0.25, 0.3) is 0 Å². The lowest BCUT2D eigenvalue weighted by Gasteiger charge is -2.12. The Labute approximate surface area is 121 Å². The summed E-state index contributed by atoms with van der Waals surface area (Å²) in [6.45, 7) is 6.62. The van der Waals surface area contributed by atoms with Crippen molar-refractivity contribution < 1.29 is 14.6 Å². The van der Waals surface area contributed by atoms with Crippen LogP contribution in [-0.2, 0) is 0 Å². The Balaban J connectivity index is 2.32. The predicted octanol–water partition coefficient (Wildman–Crippen LogP) is 3.51. The van der Waals surface area contributed by atoms with Crippen LogP contribution in [-0.4, -0.2) is 27.7 Å². The van der Waals surface area contributed by atoms with Crippen LogP contribution in [0.2, 0.25) is 0 Å². The minimum absolute atomic E-state index is 0.298. The molecule has 0 aliphatic carbocycles. The monoisotopic (exact) mass is 294 g/mol. The predicted molar refractivity (Wildman–Crippen MR) is 78.7 cm³/mol. The Morgan fingerprint density at radius 3 is 2.90 bits per heavy atom. The molecule has 6 heteroatoms. The summed E-state index contributed by atoms with van der Waals surface area (Å²) in [5, 5.41) is 9.89. The van der Waals surface area contributed by atoms with Crippen molar-refractivity contribution in [1.29, 1.82) is 0 Å². The molecule has 1 N–H and O–H groups in total. The van der Waals surface area contributed by atoms with E-state index in [2.05, 4.69) is 23.8 Å². The van der Waals surface area contributed by atoms with Gasteiger partial charge in [0.05, 0.1) is 12.0 Å². The van der Waals surface area contributed by atoms with Gasteiger partial charge in [-0.15, -0.1) is 11.3 Å². The molecule has 108 valence electrons. The number of fused-ring (bicyclic) bond motifs is 1. The first kappa shape index (κ1) is 14.7. The second-order valence-electron chi connectivity index (χ2n) is 4.93. The standard InChI is InChI=1S/C14H18N2O3S/c1-4-5-8(2)6-19-12-10-9(3)11(14(17)18)20-13(10)16-7-15-12/h7-8H,4-6H2,1-3H3,(H,17,18). The van der Waals surface area contributed by atoms with E-state index >= 15 is 0 Å². The summed E-state index contributed by atoms with van der Waals surface area (Å²) in [6.07, 6.45) is 3.63. The highest BCUT2D eigenvalue weighted by atomic mass is 32.1. The van der Waals surface area contributed by atoms with Crippen molar-refractivity contribution in [1.82, 2.24) is 9.97 Å². The molecule has 1 unspecified atom stereocenters. The average Bonchev–Trinajstić information content (AvgIpc) is 2.75. The Morgan fingerprint density at radius 2 is 2.25 bits per heavy atom. The highest BCUT2D eigenvalue weighted by Gasteiger charge is 2.19. The van der Waals surface area contributed by atoms with Crippen LogP contribution in [0.1, 0.15) is 41.9 Å². The van der Waals surface area contributed by atoms with E-state index < -0.39 is 5.97 Å². The number of hydrogen-bond donors (Lipinski definition) is 1. The first-order valence-corrected chi connectivity index (χ1v) is 7.46. The van der Waals surface area contributed by atoms with Gasteiger partial charge >= 0.3 is 5.97 Å². The van der Waals surface area contributed by atoms with Gasteiger partial charge in [-0.2, -0.15) is 0 Å². The maximum absolute atomic E-state index is 11.2. The molecule has 0 aromatic carbocycles. The molecule has 0 aliphatic rings. The fourth-order valence-electron chi connectivity index (χ4n) is 2.15. The average molecular weight is 294 g/mol. The third-order valence-electron chi connectivity index (χ3n) is 3.17. The first-order valence-electron chi connectivity index (χ1n) is 6.64. The number of carbonyl (C=O) groups is 1. The van der Waals surface area contributed by atoms with Gasteiger partial charge in [-0.25, -0.2) is 14.8 Å². The molecular weight excluding hydrogens is 276 g/mol. The maximum Gasteiger partial charge on any atom is 0.346 e. The van der Waals surface area contributed by atoms with Crippen LogP contribution in [0.3, 0.4) is 0 Å². The summed E-state index contributed by atoms with van der Waals surface area (Å²) < 4.78 is 5.77. The molecule has 20 heavy (non-hydrogen) atoms. The van der Waals surface area contributed by atoms with E-state index in [9.17, 15) is 4.79 Å². The highest BCUT2D eigenvalue weighted by Crippen LogP contribution is 2.34. The van der Waals surface area contributed by atoms with Crippen LogP contribution >= 0.6 is 11.3 Å². The number of hydrogen-bond acceptors (Lipinski definition) is 5. The fraction of sp³-hybridized carbons (Fsp3) is 0.500. The van der Waals surface area contributed by atoms with Gasteiger partial charge in [0, 0.05) is 0 Å². The van der Waals surface area contributed by atoms with Gasteiger partial charge in [0.1, 0.15) is 16.0 Å². The normalized spacial score (nSPS) is 12.6. The van der Waals surface area contributed by atoms with E-state index in [0.717, 1.165) is 29.6 Å². The number of ether oxygens (including phenoxy) is 1. The number of carboxylic acid groups (broad SMARTS) is 1. The van der Waals surface area contributed by atoms with Crippen LogP contribution in [0.25, 0.3) is 10.2 Å². The molecule has 0 bridgehead atoms. The van der Waals surface area contributed by atoms with E-state index in [-0.39, 0.29) is 0 Å². The Kier molecular flexibility index (Phi) is 4.54. The zero-order valence-corrected chi connectivity index (χ0v) is 12.7. The minimum atomic E-state index is -0.934. The fourth-order valence-corrected chi connectivity index (χ4v) is 3.13. The van der Waals surface area contributed by atoms with Gasteiger partial charge in [-0.1, -0.05) is 20.3 Å². The summed E-state index contributed by atoms with van der Waals surface area (Å²) in [5.41, 5.74) is 0.677. The third-order valence-corrected chi connectivity index (χ3v) is 4.36. The van der Waals surface area contributed by atoms with Gasteiger partial charge in [-0.3, -0.25) is 0 Å². The van der Waals surface area contributed by atoms with Crippen LogP contribution < -0.4 is 4.74 Å². The number of rotatable bonds is 6. The molecule has 2 aromatic rings. The zero-order chi connectivity index (χ0) is 14.7. The largest absolute Gasteiger partial charge is 0.477 e. The molecule has 2 rings (SSSR count). The van der Waals surface area contributed by atoms with Crippen LogP contribution in [0.15, 0.2) is 6.33 Å². The number of aromatic carboxylic acids is 1. The Morgan fingerprint density at radius 1 is 1.50 bits per heavy atom. The first-order chi connectivity index (χ1) is 9.54. The molecule has 2 aromatic heterocycles. The number of aromatic nitrogens is 2. The molecule has 0 radical (unpaired) electrons. The lowest BCUT2D eigenvalue weighted by atomic mass is 10.1. The van der Waals surface area contributed by atoms with Crippen LogP contribution in [0, 0.1) is 12.8 Å². The van der Waals surface area contributed by atoms with Gasteiger partial charge in [-0.05, 0) is 24.8 Å². The van der Waals surface area contributed by atoms with Crippen molar-refractivity contribution in [3.63, 3.8) is 0 Å². The van der Waals surface area contributed by atoms with Crippen LogP contribution in [0.4, 0.5) is 0 Å². The number of nitrogens with zero attached hydrogens (tertiary/aromatic N) is 2. The zero-order valence-electron chi connectivity index (χ0n) is 11.8. The van der Waals surface area contributed by atoms with Gasteiger partial charge in [0.2, 0.25) is 5.88 Å². The highest BCUT2D eigenvalue weighted by molar-refractivity contribution is 7.20. The topological polar surface area (TPSA) is 72.3 Å². The lowest BCUT2D eigenvalue weighted by Crippen LogP contribution is -2.09. The summed E-state index contributed by atoms with van der Waals surface area (Å²) in [7, 11) is 0. The minimum Gasteiger partial charge on any atom is -0.477 e. The lowest BCUT2D eigenvalue weighted by molar-refractivity contribution is 0.0701. The molecule has 0 amide bonds. The summed E-state index contributed by atoms with van der Waals surface area (Å²) in [6, 6.07) is 0. The molecule has 0 aliphatic heterocycles. The summed E-state index contributed by atoms with van der Waals surface area (Å²) in [5.74, 6) is -0.00194. The molecule has 5 nitrogen and oxygen atoms in total.